The van der Waals surface area contributed by atoms with E-state index in [2.05, 4.69) is 10.6 Å². The molecule has 1 unspecified atom stereocenters. The van der Waals surface area contributed by atoms with Crippen LogP contribution in [0.1, 0.15) is 5.56 Å². The zero-order valence-corrected chi connectivity index (χ0v) is 12.6. The van der Waals surface area contributed by atoms with Gasteiger partial charge in [0.1, 0.15) is 5.82 Å². The molecule has 1 aliphatic rings. The van der Waals surface area contributed by atoms with Gasteiger partial charge in [0.05, 0.1) is 18.6 Å². The Balaban J connectivity index is 0.00000200. The van der Waals surface area contributed by atoms with Crippen LogP contribution in [0.25, 0.3) is 0 Å². The standard InChI is InChI=1S/C13H16ClFN2O2.ClH/c1-19-12-7-16-6-11(12)17-13(18)4-8-2-3-9(15)5-10(8)14;/h2-3,5,11-12,16H,4,6-7H2,1H3,(H,17,18);1H/t11?,12-;/m0./s1. The molecule has 7 heteroatoms. The van der Waals surface area contributed by atoms with Gasteiger partial charge in [-0.15, -0.1) is 12.4 Å². The molecule has 1 aromatic carbocycles. The number of halogens is 3. The lowest BCUT2D eigenvalue weighted by atomic mass is 10.1. The Morgan fingerprint density at radius 2 is 2.30 bits per heavy atom. The van der Waals surface area contributed by atoms with Crippen LogP contribution in [0.2, 0.25) is 5.02 Å². The Morgan fingerprint density at radius 3 is 2.95 bits per heavy atom. The van der Waals surface area contributed by atoms with E-state index in [0.29, 0.717) is 12.1 Å². The van der Waals surface area contributed by atoms with Crippen molar-refractivity contribution in [2.45, 2.75) is 18.6 Å². The summed E-state index contributed by atoms with van der Waals surface area (Å²) in [6.45, 7) is 1.40. The maximum Gasteiger partial charge on any atom is 0.224 e. The third-order valence-corrected chi connectivity index (χ3v) is 3.53. The number of ether oxygens (including phenoxy) is 1. The lowest BCUT2D eigenvalue weighted by Crippen LogP contribution is -2.44. The van der Waals surface area contributed by atoms with E-state index in [4.69, 9.17) is 16.3 Å². The lowest BCUT2D eigenvalue weighted by Gasteiger charge is -2.18. The molecule has 4 nitrogen and oxygen atoms in total. The van der Waals surface area contributed by atoms with E-state index in [0.717, 1.165) is 6.54 Å². The second-order valence-corrected chi connectivity index (χ2v) is 4.93. The lowest BCUT2D eigenvalue weighted by molar-refractivity contribution is -0.121. The molecular weight excluding hydrogens is 306 g/mol. The third-order valence-electron chi connectivity index (χ3n) is 3.17. The van der Waals surface area contributed by atoms with Crippen molar-refractivity contribution >= 4 is 29.9 Å². The second-order valence-electron chi connectivity index (χ2n) is 4.52. The monoisotopic (exact) mass is 322 g/mol. The Kier molecular flexibility index (Phi) is 6.68. The van der Waals surface area contributed by atoms with Crippen LogP contribution in [-0.4, -0.2) is 38.3 Å². The van der Waals surface area contributed by atoms with E-state index < -0.39 is 5.82 Å². The third kappa shape index (κ3) is 4.31. The first-order chi connectivity index (χ1) is 9.10. The van der Waals surface area contributed by atoms with E-state index in [1.54, 1.807) is 7.11 Å². The summed E-state index contributed by atoms with van der Waals surface area (Å²) in [4.78, 5) is 11.9. The molecule has 112 valence electrons. The average Bonchev–Trinajstić information content (AvgIpc) is 2.80. The van der Waals surface area contributed by atoms with Gasteiger partial charge in [-0.05, 0) is 17.7 Å². The number of methoxy groups -OCH3 is 1. The summed E-state index contributed by atoms with van der Waals surface area (Å²) >= 11 is 5.89. The van der Waals surface area contributed by atoms with E-state index >= 15 is 0 Å². The maximum absolute atomic E-state index is 12.9. The highest BCUT2D eigenvalue weighted by molar-refractivity contribution is 6.31. The van der Waals surface area contributed by atoms with Crippen molar-refractivity contribution in [2.24, 2.45) is 0 Å². The zero-order valence-electron chi connectivity index (χ0n) is 11.0. The molecule has 1 saturated heterocycles. The quantitative estimate of drug-likeness (QED) is 0.884. The van der Waals surface area contributed by atoms with Crippen molar-refractivity contribution in [3.63, 3.8) is 0 Å². The molecule has 1 aromatic rings. The molecule has 0 spiro atoms. The molecule has 0 radical (unpaired) electrons. The Bertz CT molecular complexity index is 474. The molecule has 20 heavy (non-hydrogen) atoms. The minimum absolute atomic E-state index is 0. The maximum atomic E-state index is 12.9. The van der Waals surface area contributed by atoms with Crippen LogP contribution in [0, 0.1) is 5.82 Å². The molecule has 1 heterocycles. The van der Waals surface area contributed by atoms with E-state index in [1.165, 1.54) is 18.2 Å². The fourth-order valence-electron chi connectivity index (χ4n) is 2.14. The summed E-state index contributed by atoms with van der Waals surface area (Å²) in [7, 11) is 1.62. The number of amides is 1. The highest BCUT2D eigenvalue weighted by atomic mass is 35.5. The van der Waals surface area contributed by atoms with Crippen molar-refractivity contribution in [1.29, 1.82) is 0 Å². The largest absolute Gasteiger partial charge is 0.378 e. The van der Waals surface area contributed by atoms with Gasteiger partial charge < -0.3 is 15.4 Å². The SMILES string of the molecule is CO[C@H]1CNCC1NC(=O)Cc1ccc(F)cc1Cl.Cl. The smallest absolute Gasteiger partial charge is 0.224 e. The van der Waals surface area contributed by atoms with Crippen molar-refractivity contribution in [1.82, 2.24) is 10.6 Å². The van der Waals surface area contributed by atoms with Crippen LogP contribution in [-0.2, 0) is 16.0 Å². The van der Waals surface area contributed by atoms with Gasteiger partial charge in [0, 0.05) is 25.2 Å². The van der Waals surface area contributed by atoms with Crippen LogP contribution < -0.4 is 10.6 Å². The van der Waals surface area contributed by atoms with E-state index in [9.17, 15) is 9.18 Å². The second kappa shape index (κ2) is 7.78. The fourth-order valence-corrected chi connectivity index (χ4v) is 2.38. The first-order valence-corrected chi connectivity index (χ1v) is 6.44. The molecule has 2 atom stereocenters. The predicted octanol–water partition coefficient (Wildman–Crippen LogP) is 1.55. The first kappa shape index (κ1) is 17.2. The van der Waals surface area contributed by atoms with Gasteiger partial charge in [0.15, 0.2) is 0 Å². The van der Waals surface area contributed by atoms with Crippen LogP contribution >= 0.6 is 24.0 Å². The van der Waals surface area contributed by atoms with Gasteiger partial charge >= 0.3 is 0 Å². The summed E-state index contributed by atoms with van der Waals surface area (Å²) in [5, 5.41) is 6.30. The molecule has 2 rings (SSSR count). The number of carbonyl (C=O) groups excluding carboxylic acids is 1. The number of benzene rings is 1. The Hall–Kier alpha value is -0.880. The van der Waals surface area contributed by atoms with E-state index in [-0.39, 0.29) is 41.9 Å². The number of carbonyl (C=O) groups is 1. The summed E-state index contributed by atoms with van der Waals surface area (Å²) in [5.74, 6) is -0.558. The summed E-state index contributed by atoms with van der Waals surface area (Å²) < 4.78 is 18.2. The minimum atomic E-state index is -0.409. The number of hydrogen-bond acceptors (Lipinski definition) is 3. The summed E-state index contributed by atoms with van der Waals surface area (Å²) in [5.41, 5.74) is 0.612. The molecule has 1 aliphatic heterocycles. The topological polar surface area (TPSA) is 50.4 Å². The molecular formula is C13H17Cl2FN2O2. The van der Waals surface area contributed by atoms with Crippen LogP contribution in [0.15, 0.2) is 18.2 Å². The minimum Gasteiger partial charge on any atom is -0.378 e. The summed E-state index contributed by atoms with van der Waals surface area (Å²) in [6, 6.07) is 3.98. The van der Waals surface area contributed by atoms with Gasteiger partial charge in [-0.25, -0.2) is 4.39 Å². The Morgan fingerprint density at radius 1 is 1.55 bits per heavy atom. The van der Waals surface area contributed by atoms with Crippen molar-refractivity contribution in [3.8, 4) is 0 Å². The number of nitrogens with one attached hydrogen (secondary N) is 2. The molecule has 1 amide bonds. The normalized spacial score (nSPS) is 21.4. The molecule has 0 bridgehead atoms. The highest BCUT2D eigenvalue weighted by Crippen LogP contribution is 2.17. The molecule has 0 aliphatic carbocycles. The van der Waals surface area contributed by atoms with Crippen molar-refractivity contribution in [3.05, 3.63) is 34.6 Å². The van der Waals surface area contributed by atoms with Crippen LogP contribution in [0.5, 0.6) is 0 Å². The zero-order chi connectivity index (χ0) is 13.8. The first-order valence-electron chi connectivity index (χ1n) is 6.07. The van der Waals surface area contributed by atoms with Crippen LogP contribution in [0.3, 0.4) is 0 Å². The van der Waals surface area contributed by atoms with E-state index in [1.807, 2.05) is 0 Å². The molecule has 0 saturated carbocycles. The number of hydrogen-bond donors (Lipinski definition) is 2. The summed E-state index contributed by atoms with van der Waals surface area (Å²) in [6.07, 6.45) is 0.110. The fraction of sp³-hybridized carbons (Fsp3) is 0.462. The average molecular weight is 323 g/mol. The Labute approximate surface area is 128 Å². The predicted molar refractivity (Wildman–Crippen MR) is 78.0 cm³/mol. The van der Waals surface area contributed by atoms with Gasteiger partial charge in [-0.1, -0.05) is 17.7 Å². The van der Waals surface area contributed by atoms with Crippen molar-refractivity contribution in [2.75, 3.05) is 20.2 Å². The van der Waals surface area contributed by atoms with Crippen molar-refractivity contribution < 1.29 is 13.9 Å². The van der Waals surface area contributed by atoms with Gasteiger partial charge in [0.25, 0.3) is 0 Å². The van der Waals surface area contributed by atoms with Gasteiger partial charge in [0.2, 0.25) is 5.91 Å². The van der Waals surface area contributed by atoms with Gasteiger partial charge in [-0.3, -0.25) is 4.79 Å². The van der Waals surface area contributed by atoms with Gasteiger partial charge in [-0.2, -0.15) is 0 Å². The highest BCUT2D eigenvalue weighted by Gasteiger charge is 2.28. The molecule has 1 fully saturated rings. The molecule has 2 N–H and O–H groups in total. The van der Waals surface area contributed by atoms with Crippen LogP contribution in [0.4, 0.5) is 4.39 Å². The molecule has 0 aromatic heterocycles. The number of rotatable bonds is 4.